The summed E-state index contributed by atoms with van der Waals surface area (Å²) >= 11 is 0. The van der Waals surface area contributed by atoms with Crippen LogP contribution in [0.2, 0.25) is 0 Å². The number of fused-ring (bicyclic) bond motifs is 3. The minimum atomic E-state index is -0.247. The van der Waals surface area contributed by atoms with Crippen LogP contribution in [0.3, 0.4) is 0 Å². The first-order valence-electron chi connectivity index (χ1n) is 11.7. The topological polar surface area (TPSA) is 110 Å². The fraction of sp³-hybridized carbons (Fsp3) is 0.0345. The van der Waals surface area contributed by atoms with Crippen LogP contribution in [0.1, 0.15) is 16.1 Å². The average Bonchev–Trinajstić information content (AvgIpc) is 3.34. The second-order valence-corrected chi connectivity index (χ2v) is 8.40. The zero-order valence-electron chi connectivity index (χ0n) is 19.7. The quantitative estimate of drug-likeness (QED) is 0.299. The molecule has 1 amide bonds. The van der Waals surface area contributed by atoms with Gasteiger partial charge in [0.25, 0.3) is 5.91 Å². The van der Waals surface area contributed by atoms with Gasteiger partial charge in [0.2, 0.25) is 0 Å². The summed E-state index contributed by atoms with van der Waals surface area (Å²) in [4.78, 5) is 27.5. The third-order valence-electron chi connectivity index (χ3n) is 6.10. The highest BCUT2D eigenvalue weighted by Crippen LogP contribution is 2.41. The van der Waals surface area contributed by atoms with Crippen molar-refractivity contribution in [3.05, 3.63) is 115 Å². The Morgan fingerprint density at radius 3 is 2.49 bits per heavy atom. The smallest absolute Gasteiger partial charge is 0.257 e. The first kappa shape index (κ1) is 22.4. The van der Waals surface area contributed by atoms with Gasteiger partial charge in [-0.25, -0.2) is 9.97 Å². The van der Waals surface area contributed by atoms with Gasteiger partial charge in [-0.05, 0) is 54.6 Å². The van der Waals surface area contributed by atoms with E-state index in [0.717, 1.165) is 39.0 Å². The average molecular weight is 487 g/mol. The zero-order valence-corrected chi connectivity index (χ0v) is 19.7. The lowest BCUT2D eigenvalue weighted by atomic mass is 10.1. The number of hydrogen-bond acceptors (Lipinski definition) is 7. The minimum absolute atomic E-state index is 0.247. The summed E-state index contributed by atoms with van der Waals surface area (Å²) in [7, 11) is 0. The SMILES string of the molecule is NCc1ccc(C(=O)Nc2ccc(N(c3ccncn3)c3cccc4c3oc3ccccc34)cc2)cn1. The number of amides is 1. The fourth-order valence-electron chi connectivity index (χ4n) is 4.30. The molecule has 0 radical (unpaired) electrons. The molecule has 0 atom stereocenters. The van der Waals surface area contributed by atoms with E-state index in [-0.39, 0.29) is 5.91 Å². The fourth-order valence-corrected chi connectivity index (χ4v) is 4.30. The van der Waals surface area contributed by atoms with Crippen LogP contribution in [-0.2, 0) is 6.54 Å². The maximum Gasteiger partial charge on any atom is 0.257 e. The van der Waals surface area contributed by atoms with E-state index in [1.165, 1.54) is 12.5 Å². The van der Waals surface area contributed by atoms with Crippen LogP contribution in [-0.4, -0.2) is 20.9 Å². The first-order valence-corrected chi connectivity index (χ1v) is 11.7. The Hall–Kier alpha value is -5.08. The van der Waals surface area contributed by atoms with Gasteiger partial charge in [-0.1, -0.05) is 30.3 Å². The molecular formula is C29H22N6O2. The Balaban J connectivity index is 1.37. The second-order valence-electron chi connectivity index (χ2n) is 8.40. The highest BCUT2D eigenvalue weighted by molar-refractivity contribution is 6.10. The number of anilines is 4. The second kappa shape index (κ2) is 9.52. The molecule has 0 aliphatic carbocycles. The molecule has 3 aromatic carbocycles. The monoisotopic (exact) mass is 486 g/mol. The highest BCUT2D eigenvalue weighted by Gasteiger charge is 2.20. The van der Waals surface area contributed by atoms with Crippen molar-refractivity contribution >= 4 is 50.7 Å². The van der Waals surface area contributed by atoms with Crippen molar-refractivity contribution in [2.45, 2.75) is 6.54 Å². The summed E-state index contributed by atoms with van der Waals surface area (Å²) < 4.78 is 6.29. The largest absolute Gasteiger partial charge is 0.454 e. The van der Waals surface area contributed by atoms with Gasteiger partial charge in [0.05, 0.1) is 16.9 Å². The molecule has 180 valence electrons. The number of hydrogen-bond donors (Lipinski definition) is 2. The number of benzene rings is 3. The van der Waals surface area contributed by atoms with Crippen molar-refractivity contribution < 1.29 is 9.21 Å². The maximum atomic E-state index is 12.7. The van der Waals surface area contributed by atoms with E-state index in [9.17, 15) is 4.79 Å². The Labute approximate surface area is 212 Å². The summed E-state index contributed by atoms with van der Waals surface area (Å²) in [6.07, 6.45) is 4.74. The van der Waals surface area contributed by atoms with E-state index in [2.05, 4.69) is 32.4 Å². The molecular weight excluding hydrogens is 464 g/mol. The number of rotatable bonds is 6. The summed E-state index contributed by atoms with van der Waals surface area (Å²) in [6, 6.07) is 26.9. The van der Waals surface area contributed by atoms with Crippen LogP contribution < -0.4 is 16.0 Å². The molecule has 8 heteroatoms. The summed E-state index contributed by atoms with van der Waals surface area (Å²) in [5.41, 5.74) is 10.7. The molecule has 6 aromatic rings. The number of furan rings is 1. The van der Waals surface area contributed by atoms with Crippen LogP contribution in [0.15, 0.2) is 108 Å². The molecule has 0 fully saturated rings. The lowest BCUT2D eigenvalue weighted by molar-refractivity contribution is 0.102. The van der Waals surface area contributed by atoms with Crippen molar-refractivity contribution in [3.8, 4) is 0 Å². The molecule has 0 aliphatic rings. The van der Waals surface area contributed by atoms with E-state index in [1.54, 1.807) is 18.3 Å². The number of pyridine rings is 1. The third-order valence-corrected chi connectivity index (χ3v) is 6.10. The molecule has 0 saturated carbocycles. The zero-order chi connectivity index (χ0) is 25.2. The lowest BCUT2D eigenvalue weighted by Gasteiger charge is -2.24. The van der Waals surface area contributed by atoms with Crippen molar-refractivity contribution in [1.29, 1.82) is 0 Å². The molecule has 3 aromatic heterocycles. The number of para-hydroxylation sites is 2. The molecule has 0 aliphatic heterocycles. The molecule has 0 unspecified atom stereocenters. The molecule has 8 nitrogen and oxygen atoms in total. The normalized spacial score (nSPS) is 11.1. The molecule has 37 heavy (non-hydrogen) atoms. The van der Waals surface area contributed by atoms with E-state index in [1.807, 2.05) is 65.6 Å². The Bertz CT molecular complexity index is 1700. The van der Waals surface area contributed by atoms with E-state index in [4.69, 9.17) is 10.2 Å². The Morgan fingerprint density at radius 1 is 0.892 bits per heavy atom. The van der Waals surface area contributed by atoms with Gasteiger partial charge in [-0.2, -0.15) is 0 Å². The predicted molar refractivity (Wildman–Crippen MR) is 144 cm³/mol. The third kappa shape index (κ3) is 4.26. The Morgan fingerprint density at radius 2 is 1.73 bits per heavy atom. The minimum Gasteiger partial charge on any atom is -0.454 e. The van der Waals surface area contributed by atoms with Gasteiger partial charge < -0.3 is 15.5 Å². The van der Waals surface area contributed by atoms with Crippen LogP contribution >= 0.6 is 0 Å². The van der Waals surface area contributed by atoms with Crippen molar-refractivity contribution in [2.24, 2.45) is 5.73 Å². The molecule has 0 bridgehead atoms. The number of carbonyl (C=O) groups excluding carboxylic acids is 1. The standard InChI is InChI=1S/C29H22N6O2/c30-16-21-9-8-19(17-32-21)29(36)34-20-10-12-22(13-11-20)35(27-14-15-31-18-33-27)25-6-3-5-24-23-4-1-2-7-26(23)37-28(24)25/h1-15,17-18H,16,30H2,(H,34,36). The number of aromatic nitrogens is 3. The number of nitrogens with two attached hydrogens (primary N) is 1. The lowest BCUT2D eigenvalue weighted by Crippen LogP contribution is -2.14. The van der Waals surface area contributed by atoms with E-state index >= 15 is 0 Å². The van der Waals surface area contributed by atoms with Crippen LogP contribution in [0, 0.1) is 0 Å². The summed E-state index contributed by atoms with van der Waals surface area (Å²) in [5.74, 6) is 0.439. The van der Waals surface area contributed by atoms with Gasteiger partial charge in [0.1, 0.15) is 17.7 Å². The summed E-state index contributed by atoms with van der Waals surface area (Å²) in [6.45, 7) is 0.327. The molecule has 6 rings (SSSR count). The van der Waals surface area contributed by atoms with Crippen LogP contribution in [0.4, 0.5) is 22.9 Å². The Kier molecular flexibility index (Phi) is 5.76. The molecule has 0 saturated heterocycles. The number of carbonyl (C=O) groups is 1. The van der Waals surface area contributed by atoms with Crippen molar-refractivity contribution in [1.82, 2.24) is 15.0 Å². The van der Waals surface area contributed by atoms with Crippen LogP contribution in [0.25, 0.3) is 21.9 Å². The van der Waals surface area contributed by atoms with Gasteiger partial charge in [0.15, 0.2) is 5.58 Å². The van der Waals surface area contributed by atoms with Gasteiger partial charge in [-0.15, -0.1) is 0 Å². The van der Waals surface area contributed by atoms with Crippen LogP contribution in [0.5, 0.6) is 0 Å². The van der Waals surface area contributed by atoms with Gasteiger partial charge in [0, 0.05) is 41.1 Å². The number of nitrogens with one attached hydrogen (secondary N) is 1. The van der Waals surface area contributed by atoms with E-state index in [0.29, 0.717) is 23.6 Å². The first-order chi connectivity index (χ1) is 18.2. The van der Waals surface area contributed by atoms with Crippen molar-refractivity contribution in [2.75, 3.05) is 10.2 Å². The summed E-state index contributed by atoms with van der Waals surface area (Å²) in [5, 5.41) is 4.98. The van der Waals surface area contributed by atoms with Gasteiger partial charge >= 0.3 is 0 Å². The van der Waals surface area contributed by atoms with Gasteiger partial charge in [-0.3, -0.25) is 14.7 Å². The highest BCUT2D eigenvalue weighted by atomic mass is 16.3. The molecule has 3 N–H and O–H groups in total. The molecule has 3 heterocycles. The van der Waals surface area contributed by atoms with E-state index < -0.39 is 0 Å². The van der Waals surface area contributed by atoms with Crippen molar-refractivity contribution in [3.63, 3.8) is 0 Å². The molecule has 0 spiro atoms. The maximum absolute atomic E-state index is 12.7. The number of nitrogens with zero attached hydrogens (tertiary/aromatic N) is 4. The predicted octanol–water partition coefficient (Wildman–Crippen LogP) is 5.95.